The highest BCUT2D eigenvalue weighted by atomic mass is 32.2. The first kappa shape index (κ1) is 12.4. The lowest BCUT2D eigenvalue weighted by Crippen LogP contribution is -2.12. The van der Waals surface area contributed by atoms with Crippen molar-refractivity contribution in [3.8, 4) is 0 Å². The maximum absolute atomic E-state index is 11.6. The molecule has 2 aromatic rings. The van der Waals surface area contributed by atoms with E-state index in [2.05, 4.69) is 30.9 Å². The Morgan fingerprint density at radius 1 is 1.50 bits per heavy atom. The minimum absolute atomic E-state index is 0.105. The number of amides is 1. The summed E-state index contributed by atoms with van der Waals surface area (Å²) in [5.74, 6) is -1.51. The number of carboxylic acids is 1. The van der Waals surface area contributed by atoms with Crippen molar-refractivity contribution in [2.75, 3.05) is 11.1 Å². The van der Waals surface area contributed by atoms with Gasteiger partial charge in [-0.05, 0) is 0 Å². The third kappa shape index (κ3) is 3.24. The molecule has 18 heavy (non-hydrogen) atoms. The number of nitrogens with one attached hydrogen (secondary N) is 2. The highest BCUT2D eigenvalue weighted by Crippen LogP contribution is 2.25. The van der Waals surface area contributed by atoms with Gasteiger partial charge in [-0.15, -0.1) is 10.2 Å². The first-order valence-corrected chi connectivity index (χ1v) is 6.30. The second-order valence-corrected chi connectivity index (χ2v) is 5.06. The summed E-state index contributed by atoms with van der Waals surface area (Å²) in [7, 11) is 0. The van der Waals surface area contributed by atoms with Crippen LogP contribution >= 0.6 is 23.1 Å². The molecule has 0 aromatic carbocycles. The number of H-pyrrole nitrogens is 1. The summed E-state index contributed by atoms with van der Waals surface area (Å²) in [6.07, 6.45) is 1.27. The Kier molecular flexibility index (Phi) is 3.84. The average Bonchev–Trinajstić information content (AvgIpc) is 2.97. The lowest BCUT2D eigenvalue weighted by molar-refractivity contribution is -0.133. The van der Waals surface area contributed by atoms with Gasteiger partial charge in [0.05, 0.1) is 11.9 Å². The van der Waals surface area contributed by atoms with Crippen molar-refractivity contribution in [2.24, 2.45) is 0 Å². The number of anilines is 1. The van der Waals surface area contributed by atoms with Crippen LogP contribution in [0.2, 0.25) is 0 Å². The van der Waals surface area contributed by atoms with Crippen molar-refractivity contribution < 1.29 is 14.7 Å². The van der Waals surface area contributed by atoms with Crippen molar-refractivity contribution in [3.63, 3.8) is 0 Å². The molecule has 0 saturated heterocycles. The van der Waals surface area contributed by atoms with E-state index < -0.39 is 11.9 Å². The number of hydrogen-bond acceptors (Lipinski definition) is 8. The molecule has 0 radical (unpaired) electrons. The number of carboxylic acid groups (broad SMARTS) is 1. The van der Waals surface area contributed by atoms with Crippen molar-refractivity contribution in [3.05, 3.63) is 11.9 Å². The van der Waals surface area contributed by atoms with Crippen LogP contribution in [-0.4, -0.2) is 48.3 Å². The fourth-order valence-corrected chi connectivity index (χ4v) is 2.38. The van der Waals surface area contributed by atoms with Gasteiger partial charge in [-0.3, -0.25) is 14.9 Å². The third-order valence-electron chi connectivity index (χ3n) is 1.59. The Hall–Kier alpha value is -2.01. The van der Waals surface area contributed by atoms with Gasteiger partial charge in [-0.1, -0.05) is 23.1 Å². The summed E-state index contributed by atoms with van der Waals surface area (Å²) < 4.78 is 0.466. The van der Waals surface area contributed by atoms with Gasteiger partial charge in [0.25, 0.3) is 5.91 Å². The Labute approximate surface area is 108 Å². The van der Waals surface area contributed by atoms with E-state index in [4.69, 9.17) is 5.11 Å². The number of carbonyl (C=O) groups excluding carboxylic acids is 1. The summed E-state index contributed by atoms with van der Waals surface area (Å²) >= 11 is 2.12. The van der Waals surface area contributed by atoms with Crippen LogP contribution in [0.25, 0.3) is 0 Å². The van der Waals surface area contributed by atoms with E-state index in [0.29, 0.717) is 4.34 Å². The zero-order valence-electron chi connectivity index (χ0n) is 8.65. The molecule has 9 nitrogen and oxygen atoms in total. The number of hydrogen-bond donors (Lipinski definition) is 3. The Balaban J connectivity index is 1.94. The largest absolute Gasteiger partial charge is 0.481 e. The molecule has 2 heterocycles. The maximum Gasteiger partial charge on any atom is 0.313 e. The SMILES string of the molecule is O=C(O)CSc1nnc(NC(=O)c2cn[nH]n2)s1. The number of aliphatic carboxylic acids is 1. The normalized spacial score (nSPS) is 10.2. The summed E-state index contributed by atoms with van der Waals surface area (Å²) in [6.45, 7) is 0. The molecule has 3 N–H and O–H groups in total. The Morgan fingerprint density at radius 3 is 3.00 bits per heavy atom. The molecule has 0 aliphatic carbocycles. The molecule has 0 aliphatic heterocycles. The lowest BCUT2D eigenvalue weighted by atomic mass is 10.4. The molecule has 0 bridgehead atoms. The average molecular weight is 286 g/mol. The van der Waals surface area contributed by atoms with Gasteiger partial charge in [0.2, 0.25) is 5.13 Å². The molecule has 1 amide bonds. The van der Waals surface area contributed by atoms with Crippen molar-refractivity contribution in [1.82, 2.24) is 25.6 Å². The van der Waals surface area contributed by atoms with Gasteiger partial charge in [0.15, 0.2) is 10.0 Å². The number of aromatic nitrogens is 5. The van der Waals surface area contributed by atoms with E-state index in [9.17, 15) is 9.59 Å². The molecule has 2 rings (SSSR count). The zero-order valence-corrected chi connectivity index (χ0v) is 10.3. The van der Waals surface area contributed by atoms with Crippen molar-refractivity contribution in [1.29, 1.82) is 0 Å². The molecule has 0 spiro atoms. The molecule has 11 heteroatoms. The van der Waals surface area contributed by atoms with Gasteiger partial charge in [0.1, 0.15) is 0 Å². The van der Waals surface area contributed by atoms with Crippen LogP contribution in [-0.2, 0) is 4.79 Å². The van der Waals surface area contributed by atoms with Crippen LogP contribution in [0.1, 0.15) is 10.5 Å². The minimum atomic E-state index is -0.941. The van der Waals surface area contributed by atoms with E-state index >= 15 is 0 Å². The predicted molar refractivity (Wildman–Crippen MR) is 62.6 cm³/mol. The summed E-state index contributed by atoms with van der Waals surface area (Å²) in [5.41, 5.74) is 0.130. The maximum atomic E-state index is 11.6. The Morgan fingerprint density at radius 2 is 2.33 bits per heavy atom. The first-order valence-electron chi connectivity index (χ1n) is 4.50. The fourth-order valence-electron chi connectivity index (χ4n) is 0.914. The van der Waals surface area contributed by atoms with Gasteiger partial charge in [-0.2, -0.15) is 15.4 Å². The number of aromatic amines is 1. The van der Waals surface area contributed by atoms with Gasteiger partial charge in [0, 0.05) is 0 Å². The molecule has 0 unspecified atom stereocenters. The summed E-state index contributed by atoms with van der Waals surface area (Å²) in [4.78, 5) is 21.9. The first-order chi connectivity index (χ1) is 8.65. The van der Waals surface area contributed by atoms with Crippen LogP contribution in [0.3, 0.4) is 0 Å². The lowest BCUT2D eigenvalue weighted by Gasteiger charge is -1.94. The summed E-state index contributed by atoms with van der Waals surface area (Å²) in [6, 6.07) is 0. The molecule has 0 fully saturated rings. The van der Waals surface area contributed by atoms with Crippen LogP contribution in [0.4, 0.5) is 5.13 Å². The van der Waals surface area contributed by atoms with Crippen molar-refractivity contribution in [2.45, 2.75) is 4.34 Å². The molecule has 0 aliphatic rings. The highest BCUT2D eigenvalue weighted by Gasteiger charge is 2.13. The van der Waals surface area contributed by atoms with Crippen LogP contribution in [0.5, 0.6) is 0 Å². The van der Waals surface area contributed by atoms with Crippen molar-refractivity contribution >= 4 is 40.1 Å². The van der Waals surface area contributed by atoms with E-state index in [0.717, 1.165) is 23.1 Å². The number of rotatable bonds is 5. The number of carbonyl (C=O) groups is 2. The van der Waals surface area contributed by atoms with Crippen LogP contribution < -0.4 is 5.32 Å². The third-order valence-corrected chi connectivity index (χ3v) is 3.55. The monoisotopic (exact) mass is 286 g/mol. The fraction of sp³-hybridized carbons (Fsp3) is 0.143. The second kappa shape index (κ2) is 5.55. The minimum Gasteiger partial charge on any atom is -0.481 e. The van der Waals surface area contributed by atoms with Gasteiger partial charge < -0.3 is 5.11 Å². The molecule has 94 valence electrons. The smallest absolute Gasteiger partial charge is 0.313 e. The van der Waals surface area contributed by atoms with E-state index in [1.807, 2.05) is 0 Å². The molecule has 0 atom stereocenters. The molecular weight excluding hydrogens is 280 g/mol. The van der Waals surface area contributed by atoms with E-state index in [1.54, 1.807) is 0 Å². The van der Waals surface area contributed by atoms with E-state index in [1.165, 1.54) is 6.20 Å². The van der Waals surface area contributed by atoms with Crippen LogP contribution in [0.15, 0.2) is 10.5 Å². The second-order valence-electron chi connectivity index (χ2n) is 2.86. The standard InChI is InChI=1S/C7H6N6O3S2/c14-4(15)2-17-7-12-11-6(18-7)9-5(16)3-1-8-13-10-3/h1H,2H2,(H,14,15)(H,8,10,13)(H,9,11,16). The van der Waals surface area contributed by atoms with Gasteiger partial charge >= 0.3 is 5.97 Å². The predicted octanol–water partition coefficient (Wildman–Crippen LogP) is 0.0852. The zero-order chi connectivity index (χ0) is 13.0. The summed E-state index contributed by atoms with van der Waals surface area (Å²) in [5, 5.41) is 28.1. The van der Waals surface area contributed by atoms with Crippen LogP contribution in [0, 0.1) is 0 Å². The quantitative estimate of drug-likeness (QED) is 0.520. The molecule has 0 saturated carbocycles. The molecule has 2 aromatic heterocycles. The van der Waals surface area contributed by atoms with Gasteiger partial charge in [-0.25, -0.2) is 0 Å². The number of nitrogens with zero attached hydrogens (tertiary/aromatic N) is 4. The van der Waals surface area contributed by atoms with E-state index in [-0.39, 0.29) is 16.6 Å². The highest BCUT2D eigenvalue weighted by molar-refractivity contribution is 8.01. The number of thioether (sulfide) groups is 1. The Bertz CT molecular complexity index is 553. The molecular formula is C7H6N6O3S2. The topological polar surface area (TPSA) is 134 Å².